The van der Waals surface area contributed by atoms with Crippen molar-refractivity contribution in [1.82, 2.24) is 15.0 Å². The Bertz CT molecular complexity index is 481. The number of benzene rings is 1. The topological polar surface area (TPSA) is 50.9 Å². The van der Waals surface area contributed by atoms with Crippen molar-refractivity contribution in [3.8, 4) is 5.69 Å². The van der Waals surface area contributed by atoms with E-state index in [4.69, 9.17) is 16.7 Å². The van der Waals surface area contributed by atoms with Crippen LogP contribution in [0.4, 0.5) is 0 Å². The Morgan fingerprint density at radius 2 is 2.27 bits per heavy atom. The molecule has 5 heteroatoms. The van der Waals surface area contributed by atoms with E-state index in [-0.39, 0.29) is 6.61 Å². The van der Waals surface area contributed by atoms with Crippen molar-refractivity contribution in [2.75, 3.05) is 0 Å². The third-order valence-corrected chi connectivity index (χ3v) is 2.66. The maximum Gasteiger partial charge on any atom is 0.0900 e. The van der Waals surface area contributed by atoms with E-state index in [9.17, 15) is 0 Å². The Balaban J connectivity index is 2.59. The first-order valence-corrected chi connectivity index (χ1v) is 4.87. The molecule has 0 aliphatic carbocycles. The molecule has 0 aliphatic heterocycles. The summed E-state index contributed by atoms with van der Waals surface area (Å²) in [5.74, 6) is 0. The predicted molar refractivity (Wildman–Crippen MR) is 57.0 cm³/mol. The second-order valence-electron chi connectivity index (χ2n) is 3.18. The molecule has 0 radical (unpaired) electrons. The van der Waals surface area contributed by atoms with Crippen LogP contribution >= 0.6 is 11.6 Å². The molecule has 1 heterocycles. The molecule has 1 N–H and O–H groups in total. The van der Waals surface area contributed by atoms with Crippen LogP contribution in [0.3, 0.4) is 0 Å². The molecule has 4 nitrogen and oxygen atoms in total. The third-order valence-electron chi connectivity index (χ3n) is 2.25. The average molecular weight is 224 g/mol. The van der Waals surface area contributed by atoms with Crippen molar-refractivity contribution in [2.45, 2.75) is 13.5 Å². The summed E-state index contributed by atoms with van der Waals surface area (Å²) in [6, 6.07) is 5.54. The van der Waals surface area contributed by atoms with Crippen LogP contribution in [0.1, 0.15) is 11.3 Å². The molecule has 0 bridgehead atoms. The number of nitrogens with zero attached hydrogens (tertiary/aromatic N) is 3. The number of aliphatic hydroxyl groups excluding tert-OH is 1. The van der Waals surface area contributed by atoms with Crippen LogP contribution in [0.15, 0.2) is 24.4 Å². The quantitative estimate of drug-likeness (QED) is 0.844. The molecule has 0 saturated carbocycles. The zero-order valence-electron chi connectivity index (χ0n) is 8.18. The summed E-state index contributed by atoms with van der Waals surface area (Å²) in [5, 5.41) is 17.4. The number of aliphatic hydroxyl groups is 1. The van der Waals surface area contributed by atoms with Crippen LogP contribution < -0.4 is 0 Å². The maximum atomic E-state index is 9.10. The second-order valence-corrected chi connectivity index (χ2v) is 3.59. The zero-order chi connectivity index (χ0) is 10.8. The van der Waals surface area contributed by atoms with Gasteiger partial charge in [-0.1, -0.05) is 22.9 Å². The van der Waals surface area contributed by atoms with E-state index in [0.29, 0.717) is 10.7 Å². The largest absolute Gasteiger partial charge is 0.390 e. The van der Waals surface area contributed by atoms with Gasteiger partial charge in [0.15, 0.2) is 0 Å². The summed E-state index contributed by atoms with van der Waals surface area (Å²) in [5.41, 5.74) is 2.39. The molecule has 2 rings (SSSR count). The average Bonchev–Trinajstić information content (AvgIpc) is 2.70. The molecule has 0 aliphatic rings. The van der Waals surface area contributed by atoms with Crippen molar-refractivity contribution in [2.24, 2.45) is 0 Å². The smallest absolute Gasteiger partial charge is 0.0900 e. The van der Waals surface area contributed by atoms with Crippen LogP contribution in [0.25, 0.3) is 5.69 Å². The van der Waals surface area contributed by atoms with Gasteiger partial charge >= 0.3 is 0 Å². The molecule has 1 aromatic carbocycles. The molecule has 78 valence electrons. The highest BCUT2D eigenvalue weighted by Gasteiger charge is 2.09. The van der Waals surface area contributed by atoms with Gasteiger partial charge in [0.1, 0.15) is 0 Å². The van der Waals surface area contributed by atoms with Crippen molar-refractivity contribution in [3.63, 3.8) is 0 Å². The van der Waals surface area contributed by atoms with E-state index in [2.05, 4.69) is 10.3 Å². The highest BCUT2D eigenvalue weighted by molar-refractivity contribution is 6.31. The minimum atomic E-state index is -0.0983. The summed E-state index contributed by atoms with van der Waals surface area (Å²) in [6.45, 7) is 1.81. The Morgan fingerprint density at radius 3 is 3.00 bits per heavy atom. The summed E-state index contributed by atoms with van der Waals surface area (Å²) in [6.07, 6.45) is 1.53. The zero-order valence-corrected chi connectivity index (χ0v) is 8.94. The van der Waals surface area contributed by atoms with Gasteiger partial charge in [0.2, 0.25) is 0 Å². The monoisotopic (exact) mass is 223 g/mol. The van der Waals surface area contributed by atoms with Gasteiger partial charge in [0.05, 0.1) is 24.2 Å². The first-order chi connectivity index (χ1) is 7.24. The molecule has 0 unspecified atom stereocenters. The Morgan fingerprint density at radius 1 is 1.47 bits per heavy atom. The minimum Gasteiger partial charge on any atom is -0.390 e. The number of hydrogen-bond acceptors (Lipinski definition) is 3. The number of rotatable bonds is 2. The van der Waals surface area contributed by atoms with Gasteiger partial charge in [-0.2, -0.15) is 0 Å². The van der Waals surface area contributed by atoms with E-state index < -0.39 is 0 Å². The van der Waals surface area contributed by atoms with Gasteiger partial charge in [-0.05, 0) is 24.6 Å². The summed E-state index contributed by atoms with van der Waals surface area (Å²) in [4.78, 5) is 0. The Kier molecular flexibility index (Phi) is 2.70. The highest BCUT2D eigenvalue weighted by Crippen LogP contribution is 2.22. The van der Waals surface area contributed by atoms with E-state index in [1.165, 1.54) is 6.20 Å². The lowest BCUT2D eigenvalue weighted by Crippen LogP contribution is -2.04. The van der Waals surface area contributed by atoms with Gasteiger partial charge in [0, 0.05) is 5.02 Å². The van der Waals surface area contributed by atoms with E-state index in [1.807, 2.05) is 25.1 Å². The molecule has 0 fully saturated rings. The first-order valence-electron chi connectivity index (χ1n) is 4.50. The number of halogens is 1. The number of aromatic nitrogens is 3. The second kappa shape index (κ2) is 4.00. The normalized spacial score (nSPS) is 10.6. The molecule has 0 saturated heterocycles. The fourth-order valence-corrected chi connectivity index (χ4v) is 1.56. The van der Waals surface area contributed by atoms with Crippen LogP contribution in [0.2, 0.25) is 5.02 Å². The van der Waals surface area contributed by atoms with Gasteiger partial charge in [0.25, 0.3) is 0 Å². The molecule has 2 aromatic rings. The number of hydrogen-bond donors (Lipinski definition) is 1. The first kappa shape index (κ1) is 10.1. The SMILES string of the molecule is Cc1c(Cl)cccc1-n1nncc1CO. The molecule has 0 amide bonds. The van der Waals surface area contributed by atoms with Crippen molar-refractivity contribution in [1.29, 1.82) is 0 Å². The van der Waals surface area contributed by atoms with Crippen molar-refractivity contribution >= 4 is 11.6 Å². The standard InChI is InChI=1S/C10H10ClN3O/c1-7-9(11)3-2-4-10(7)14-8(6-15)5-12-13-14/h2-5,15H,6H2,1H3. The highest BCUT2D eigenvalue weighted by atomic mass is 35.5. The van der Waals surface area contributed by atoms with Crippen LogP contribution in [0.5, 0.6) is 0 Å². The summed E-state index contributed by atoms with van der Waals surface area (Å²) in [7, 11) is 0. The van der Waals surface area contributed by atoms with E-state index >= 15 is 0 Å². The van der Waals surface area contributed by atoms with E-state index in [1.54, 1.807) is 4.68 Å². The summed E-state index contributed by atoms with van der Waals surface area (Å²) >= 11 is 6.00. The predicted octanol–water partition coefficient (Wildman–Crippen LogP) is 1.72. The molecule has 1 aromatic heterocycles. The van der Waals surface area contributed by atoms with Crippen molar-refractivity contribution < 1.29 is 5.11 Å². The fourth-order valence-electron chi connectivity index (χ4n) is 1.39. The van der Waals surface area contributed by atoms with Gasteiger partial charge in [-0.25, -0.2) is 4.68 Å². The van der Waals surface area contributed by atoms with E-state index in [0.717, 1.165) is 11.3 Å². The molecular weight excluding hydrogens is 214 g/mol. The Labute approximate surface area is 92.1 Å². The fraction of sp³-hybridized carbons (Fsp3) is 0.200. The lowest BCUT2D eigenvalue weighted by atomic mass is 10.2. The molecule has 0 atom stereocenters. The molecule has 0 spiro atoms. The van der Waals surface area contributed by atoms with Gasteiger partial charge in [-0.3, -0.25) is 0 Å². The van der Waals surface area contributed by atoms with Gasteiger partial charge < -0.3 is 5.11 Å². The third kappa shape index (κ3) is 1.73. The van der Waals surface area contributed by atoms with Gasteiger partial charge in [-0.15, -0.1) is 5.10 Å². The summed E-state index contributed by atoms with van der Waals surface area (Å²) < 4.78 is 1.58. The van der Waals surface area contributed by atoms with Crippen LogP contribution in [-0.2, 0) is 6.61 Å². The molecular formula is C10H10ClN3O. The Hall–Kier alpha value is -1.39. The van der Waals surface area contributed by atoms with Crippen LogP contribution in [-0.4, -0.2) is 20.1 Å². The lowest BCUT2D eigenvalue weighted by Gasteiger charge is -2.08. The van der Waals surface area contributed by atoms with Crippen molar-refractivity contribution in [3.05, 3.63) is 40.7 Å². The maximum absolute atomic E-state index is 9.10. The molecule has 15 heavy (non-hydrogen) atoms. The minimum absolute atomic E-state index is 0.0983. The lowest BCUT2D eigenvalue weighted by molar-refractivity contribution is 0.273. The van der Waals surface area contributed by atoms with Crippen LogP contribution in [0, 0.1) is 6.92 Å².